The Morgan fingerprint density at radius 2 is 1.95 bits per heavy atom. The molecule has 1 rings (SSSR count). The number of anilines is 1. The second kappa shape index (κ2) is 7.14. The number of aliphatic carboxylic acids is 1. The number of nitrogens with zero attached hydrogens (tertiary/aromatic N) is 1. The molecule has 0 fully saturated rings. The van der Waals surface area contributed by atoms with E-state index in [2.05, 4.69) is 43.4 Å². The topological polar surface area (TPSA) is 52.6 Å². The summed E-state index contributed by atoms with van der Waals surface area (Å²) < 4.78 is 0. The number of likely N-dealkylation sites (N-methyl/N-ethyl adjacent to an activating group) is 2. The molecule has 0 aliphatic carbocycles. The fourth-order valence-electron chi connectivity index (χ4n) is 1.97. The van der Waals surface area contributed by atoms with Gasteiger partial charge in [0.25, 0.3) is 0 Å². The maximum absolute atomic E-state index is 11.0. The van der Waals surface area contributed by atoms with Gasteiger partial charge in [-0.3, -0.25) is 4.79 Å². The number of rotatable bonds is 7. The molecule has 0 radical (unpaired) electrons. The molecule has 0 heterocycles. The Kier molecular flexibility index (Phi) is 5.83. The molecule has 106 valence electrons. The molecule has 2 N–H and O–H groups in total. The van der Waals surface area contributed by atoms with Gasteiger partial charge in [0.2, 0.25) is 0 Å². The van der Waals surface area contributed by atoms with Gasteiger partial charge in [0.1, 0.15) is 6.04 Å². The van der Waals surface area contributed by atoms with Crippen molar-refractivity contribution in [2.45, 2.75) is 32.2 Å². The Hall–Kier alpha value is -1.55. The van der Waals surface area contributed by atoms with Gasteiger partial charge in [-0.1, -0.05) is 26.0 Å². The molecule has 4 heteroatoms. The number of carbonyl (C=O) groups is 1. The molecule has 0 saturated carbocycles. The van der Waals surface area contributed by atoms with Crippen molar-refractivity contribution in [1.29, 1.82) is 0 Å². The Morgan fingerprint density at radius 3 is 2.37 bits per heavy atom. The van der Waals surface area contributed by atoms with Crippen LogP contribution >= 0.6 is 0 Å². The van der Waals surface area contributed by atoms with E-state index in [0.29, 0.717) is 12.5 Å². The van der Waals surface area contributed by atoms with Crippen LogP contribution < -0.4 is 10.2 Å². The molecule has 0 amide bonds. The molecule has 0 bridgehead atoms. The largest absolute Gasteiger partial charge is 0.480 e. The van der Waals surface area contributed by atoms with Gasteiger partial charge in [0, 0.05) is 19.3 Å². The van der Waals surface area contributed by atoms with Crippen molar-refractivity contribution < 1.29 is 9.90 Å². The van der Waals surface area contributed by atoms with E-state index in [1.54, 1.807) is 7.05 Å². The van der Waals surface area contributed by atoms with Crippen molar-refractivity contribution in [2.75, 3.05) is 25.5 Å². The van der Waals surface area contributed by atoms with Gasteiger partial charge in [0.05, 0.1) is 0 Å². The minimum Gasteiger partial charge on any atom is -0.480 e. The van der Waals surface area contributed by atoms with Crippen molar-refractivity contribution in [3.63, 3.8) is 0 Å². The lowest BCUT2D eigenvalue weighted by Gasteiger charge is -2.23. The first kappa shape index (κ1) is 15.5. The highest BCUT2D eigenvalue weighted by molar-refractivity contribution is 5.74. The summed E-state index contributed by atoms with van der Waals surface area (Å²) in [5.74, 6) is -0.269. The summed E-state index contributed by atoms with van der Waals surface area (Å²) in [5, 5.41) is 11.8. The maximum atomic E-state index is 11.0. The second-order valence-corrected chi connectivity index (χ2v) is 4.96. The van der Waals surface area contributed by atoms with Crippen molar-refractivity contribution in [3.8, 4) is 0 Å². The Bertz CT molecular complexity index is 403. The van der Waals surface area contributed by atoms with E-state index in [-0.39, 0.29) is 0 Å². The van der Waals surface area contributed by atoms with Crippen LogP contribution in [0.15, 0.2) is 24.3 Å². The summed E-state index contributed by atoms with van der Waals surface area (Å²) in [6, 6.07) is 7.79. The molecule has 4 nitrogen and oxygen atoms in total. The summed E-state index contributed by atoms with van der Waals surface area (Å²) in [6.07, 6.45) is 1.12. The van der Waals surface area contributed by atoms with Crippen LogP contribution in [0.4, 0.5) is 5.69 Å². The van der Waals surface area contributed by atoms with E-state index in [9.17, 15) is 4.79 Å². The van der Waals surface area contributed by atoms with Crippen LogP contribution in [0.1, 0.15) is 31.7 Å². The third kappa shape index (κ3) is 4.24. The van der Waals surface area contributed by atoms with Crippen LogP contribution in [0.3, 0.4) is 0 Å². The summed E-state index contributed by atoms with van der Waals surface area (Å²) >= 11 is 0. The third-order valence-electron chi connectivity index (χ3n) is 3.62. The highest BCUT2D eigenvalue weighted by Crippen LogP contribution is 2.21. The number of benzene rings is 1. The smallest absolute Gasteiger partial charge is 0.322 e. The lowest BCUT2D eigenvalue weighted by atomic mass is 9.98. The van der Waals surface area contributed by atoms with E-state index < -0.39 is 12.0 Å². The standard InChI is InChI=1S/C15H24N2O2/c1-5-11(2)12-6-8-13(9-7-12)17(4)10-14(16-3)15(18)19/h6-9,11,14,16H,5,10H2,1-4H3,(H,18,19). The first-order valence-corrected chi connectivity index (χ1v) is 6.70. The zero-order chi connectivity index (χ0) is 14.4. The van der Waals surface area contributed by atoms with Gasteiger partial charge >= 0.3 is 5.97 Å². The number of hydrogen-bond acceptors (Lipinski definition) is 3. The Morgan fingerprint density at radius 1 is 1.37 bits per heavy atom. The molecule has 0 saturated heterocycles. The Balaban J connectivity index is 2.72. The lowest BCUT2D eigenvalue weighted by Crippen LogP contribution is -2.43. The number of hydrogen-bond donors (Lipinski definition) is 2. The van der Waals surface area contributed by atoms with Gasteiger partial charge in [-0.25, -0.2) is 0 Å². The normalized spacial score (nSPS) is 13.9. The zero-order valence-electron chi connectivity index (χ0n) is 12.2. The fourth-order valence-corrected chi connectivity index (χ4v) is 1.97. The number of carboxylic acids is 1. The number of nitrogens with one attached hydrogen (secondary N) is 1. The van der Waals surface area contributed by atoms with Crippen molar-refractivity contribution in [3.05, 3.63) is 29.8 Å². The quantitative estimate of drug-likeness (QED) is 0.793. The summed E-state index contributed by atoms with van der Waals surface area (Å²) in [6.45, 7) is 4.82. The molecule has 2 unspecified atom stereocenters. The average Bonchev–Trinajstić information content (AvgIpc) is 2.43. The second-order valence-electron chi connectivity index (χ2n) is 4.96. The van der Waals surface area contributed by atoms with Crippen molar-refractivity contribution in [2.24, 2.45) is 0 Å². The molecule has 0 aromatic heterocycles. The van der Waals surface area contributed by atoms with Crippen molar-refractivity contribution in [1.82, 2.24) is 5.32 Å². The molecular formula is C15H24N2O2. The fraction of sp³-hybridized carbons (Fsp3) is 0.533. The van der Waals surface area contributed by atoms with Crippen molar-refractivity contribution >= 4 is 11.7 Å². The van der Waals surface area contributed by atoms with Crippen LogP contribution in [0, 0.1) is 0 Å². The monoisotopic (exact) mass is 264 g/mol. The van der Waals surface area contributed by atoms with Crippen LogP contribution in [0.2, 0.25) is 0 Å². The zero-order valence-corrected chi connectivity index (χ0v) is 12.2. The molecule has 19 heavy (non-hydrogen) atoms. The SMILES string of the molecule is CCC(C)c1ccc(N(C)CC(NC)C(=O)O)cc1. The third-order valence-corrected chi connectivity index (χ3v) is 3.62. The lowest BCUT2D eigenvalue weighted by molar-refractivity contribution is -0.139. The van der Waals surface area contributed by atoms with E-state index in [0.717, 1.165) is 12.1 Å². The highest BCUT2D eigenvalue weighted by Gasteiger charge is 2.17. The van der Waals surface area contributed by atoms with Crippen LogP contribution in [-0.2, 0) is 4.79 Å². The molecule has 2 atom stereocenters. The summed E-state index contributed by atoms with van der Waals surface area (Å²) in [7, 11) is 3.57. The number of carboxylic acid groups (broad SMARTS) is 1. The van der Waals surface area contributed by atoms with Gasteiger partial charge in [-0.15, -0.1) is 0 Å². The molecule has 0 aliphatic rings. The molecular weight excluding hydrogens is 240 g/mol. The Labute approximate surface area is 115 Å². The maximum Gasteiger partial charge on any atom is 0.322 e. The minimum atomic E-state index is -0.828. The van der Waals surface area contributed by atoms with Crippen LogP contribution in [0.25, 0.3) is 0 Å². The van der Waals surface area contributed by atoms with E-state index in [1.165, 1.54) is 5.56 Å². The minimum absolute atomic E-state index is 0.439. The van der Waals surface area contributed by atoms with E-state index in [4.69, 9.17) is 5.11 Å². The predicted octanol–water partition coefficient (Wildman–Crippen LogP) is 2.31. The van der Waals surface area contributed by atoms with Gasteiger partial charge < -0.3 is 15.3 Å². The molecule has 1 aromatic rings. The molecule has 1 aromatic carbocycles. The highest BCUT2D eigenvalue weighted by atomic mass is 16.4. The van der Waals surface area contributed by atoms with Gasteiger partial charge in [-0.05, 0) is 37.1 Å². The summed E-state index contributed by atoms with van der Waals surface area (Å²) in [4.78, 5) is 12.9. The van der Waals surface area contributed by atoms with Crippen LogP contribution in [-0.4, -0.2) is 37.8 Å². The van der Waals surface area contributed by atoms with Gasteiger partial charge in [-0.2, -0.15) is 0 Å². The van der Waals surface area contributed by atoms with Crippen LogP contribution in [0.5, 0.6) is 0 Å². The summed E-state index contributed by atoms with van der Waals surface area (Å²) in [5.41, 5.74) is 2.36. The molecule has 0 aliphatic heterocycles. The first-order chi connectivity index (χ1) is 8.99. The first-order valence-electron chi connectivity index (χ1n) is 6.70. The predicted molar refractivity (Wildman–Crippen MR) is 78.9 cm³/mol. The van der Waals surface area contributed by atoms with E-state index in [1.807, 2.05) is 11.9 Å². The average molecular weight is 264 g/mol. The van der Waals surface area contributed by atoms with Gasteiger partial charge in [0.15, 0.2) is 0 Å². The van der Waals surface area contributed by atoms with E-state index >= 15 is 0 Å². The molecule has 0 spiro atoms.